The van der Waals surface area contributed by atoms with E-state index in [4.69, 9.17) is 0 Å². The Morgan fingerprint density at radius 3 is 2.61 bits per heavy atom. The maximum Gasteiger partial charge on any atom is 0.0942 e. The second-order valence-electron chi connectivity index (χ2n) is 3.87. The van der Waals surface area contributed by atoms with E-state index < -0.39 is 0 Å². The molecule has 0 spiro atoms. The van der Waals surface area contributed by atoms with Crippen LogP contribution in [-0.2, 0) is 0 Å². The van der Waals surface area contributed by atoms with Crippen molar-refractivity contribution in [2.45, 2.75) is 0 Å². The molecular formula is C16H10N2. The molecule has 0 bridgehead atoms. The molecule has 0 aliphatic carbocycles. The molecule has 0 atom stereocenters. The highest BCUT2D eigenvalue weighted by atomic mass is 15.1. The Hall–Kier alpha value is -2.48. The highest BCUT2D eigenvalue weighted by Crippen LogP contribution is 2.27. The van der Waals surface area contributed by atoms with Crippen molar-refractivity contribution in [2.24, 2.45) is 10.2 Å². The van der Waals surface area contributed by atoms with E-state index in [-0.39, 0.29) is 0 Å². The fourth-order valence-corrected chi connectivity index (χ4v) is 1.80. The molecule has 0 amide bonds. The standard InChI is InChI=1S/C16H10N2/c1-2-9-14(10-3-1)17-18-16-12-6-8-13-7-4-5-11-15(13)16/h1-2,4-8,10-12H/b18-17+. The number of hydrogen-bond donors (Lipinski definition) is 0. The summed E-state index contributed by atoms with van der Waals surface area (Å²) in [4.78, 5) is 0. The van der Waals surface area contributed by atoms with Gasteiger partial charge in [-0.25, -0.2) is 0 Å². The Kier molecular flexibility index (Phi) is 2.84. The largest absolute Gasteiger partial charge is 0.150 e. The Morgan fingerprint density at radius 1 is 0.833 bits per heavy atom. The lowest BCUT2D eigenvalue weighted by Crippen LogP contribution is -1.72. The fraction of sp³-hybridized carbons (Fsp3) is 0. The van der Waals surface area contributed by atoms with Crippen LogP contribution < -0.4 is 0 Å². The second-order valence-corrected chi connectivity index (χ2v) is 3.87. The van der Waals surface area contributed by atoms with Crippen LogP contribution in [0.4, 0.5) is 11.4 Å². The topological polar surface area (TPSA) is 24.7 Å². The van der Waals surface area contributed by atoms with Crippen molar-refractivity contribution in [3.63, 3.8) is 0 Å². The van der Waals surface area contributed by atoms with Crippen LogP contribution in [0.25, 0.3) is 10.8 Å². The molecule has 3 aromatic carbocycles. The summed E-state index contributed by atoms with van der Waals surface area (Å²) in [6, 6.07) is 25.4. The zero-order valence-corrected chi connectivity index (χ0v) is 9.67. The first kappa shape index (κ1) is 10.7. The lowest BCUT2D eigenvalue weighted by atomic mass is 10.1. The third-order valence-electron chi connectivity index (χ3n) is 2.66. The average Bonchev–Trinajstić information content (AvgIpc) is 2.46. The van der Waals surface area contributed by atoms with Crippen LogP contribution in [0, 0.1) is 12.1 Å². The second kappa shape index (κ2) is 4.80. The molecule has 0 unspecified atom stereocenters. The van der Waals surface area contributed by atoms with Crippen molar-refractivity contribution in [3.05, 3.63) is 72.8 Å². The molecule has 2 nitrogen and oxygen atoms in total. The summed E-state index contributed by atoms with van der Waals surface area (Å²) < 4.78 is 0. The molecule has 3 aromatic rings. The van der Waals surface area contributed by atoms with Gasteiger partial charge in [-0.1, -0.05) is 48.5 Å². The Balaban J connectivity index is 2.03. The summed E-state index contributed by atoms with van der Waals surface area (Å²) in [5.41, 5.74) is 1.55. The minimum absolute atomic E-state index is 0.686. The van der Waals surface area contributed by atoms with Gasteiger partial charge in [-0.3, -0.25) is 0 Å². The van der Waals surface area contributed by atoms with Gasteiger partial charge in [-0.15, -0.1) is 10.2 Å². The van der Waals surface area contributed by atoms with Gasteiger partial charge >= 0.3 is 0 Å². The number of nitrogens with zero attached hydrogens (tertiary/aromatic N) is 2. The number of benzene rings is 3. The number of azo groups is 1. The first-order valence-corrected chi connectivity index (χ1v) is 5.71. The van der Waals surface area contributed by atoms with Crippen LogP contribution in [-0.4, -0.2) is 0 Å². The molecule has 2 radical (unpaired) electrons. The molecule has 3 rings (SSSR count). The van der Waals surface area contributed by atoms with E-state index in [1.165, 1.54) is 0 Å². The Morgan fingerprint density at radius 2 is 1.72 bits per heavy atom. The van der Waals surface area contributed by atoms with Gasteiger partial charge in [0.2, 0.25) is 0 Å². The molecular weight excluding hydrogens is 220 g/mol. The van der Waals surface area contributed by atoms with E-state index in [1.807, 2.05) is 30.3 Å². The summed E-state index contributed by atoms with van der Waals surface area (Å²) in [5.74, 6) is 0. The van der Waals surface area contributed by atoms with E-state index >= 15 is 0 Å². The maximum absolute atomic E-state index is 4.28. The highest BCUT2D eigenvalue weighted by molar-refractivity contribution is 5.92. The maximum atomic E-state index is 4.28. The van der Waals surface area contributed by atoms with Crippen LogP contribution >= 0.6 is 0 Å². The van der Waals surface area contributed by atoms with E-state index in [1.54, 1.807) is 18.2 Å². The van der Waals surface area contributed by atoms with Gasteiger partial charge in [-0.2, -0.15) is 0 Å². The van der Waals surface area contributed by atoms with Crippen molar-refractivity contribution in [1.29, 1.82) is 0 Å². The van der Waals surface area contributed by atoms with Gasteiger partial charge in [0.05, 0.1) is 11.4 Å². The molecule has 0 aliphatic rings. The summed E-state index contributed by atoms with van der Waals surface area (Å²) >= 11 is 0. The zero-order chi connectivity index (χ0) is 12.2. The molecule has 2 heteroatoms. The van der Waals surface area contributed by atoms with Crippen molar-refractivity contribution in [2.75, 3.05) is 0 Å². The van der Waals surface area contributed by atoms with E-state index in [0.717, 1.165) is 16.5 Å². The Bertz CT molecular complexity index is 682. The molecule has 0 aliphatic heterocycles. The van der Waals surface area contributed by atoms with Crippen LogP contribution in [0.3, 0.4) is 0 Å². The molecule has 0 saturated carbocycles. The van der Waals surface area contributed by atoms with Gasteiger partial charge in [0.1, 0.15) is 0 Å². The van der Waals surface area contributed by atoms with Crippen LogP contribution in [0.1, 0.15) is 0 Å². The summed E-state index contributed by atoms with van der Waals surface area (Å²) in [6.07, 6.45) is 0. The fourth-order valence-electron chi connectivity index (χ4n) is 1.80. The molecule has 84 valence electrons. The van der Waals surface area contributed by atoms with E-state index in [0.29, 0.717) is 5.69 Å². The van der Waals surface area contributed by atoms with Gasteiger partial charge < -0.3 is 0 Å². The first-order valence-electron chi connectivity index (χ1n) is 5.71. The monoisotopic (exact) mass is 230 g/mol. The number of fused-ring (bicyclic) bond motifs is 1. The van der Waals surface area contributed by atoms with Crippen LogP contribution in [0.5, 0.6) is 0 Å². The quantitative estimate of drug-likeness (QED) is 0.562. The molecule has 0 N–H and O–H groups in total. The van der Waals surface area contributed by atoms with Crippen LogP contribution in [0.15, 0.2) is 70.9 Å². The number of hydrogen-bond acceptors (Lipinski definition) is 2. The molecule has 0 heterocycles. The van der Waals surface area contributed by atoms with E-state index in [9.17, 15) is 0 Å². The third kappa shape index (κ3) is 2.13. The minimum atomic E-state index is 0.686. The zero-order valence-electron chi connectivity index (χ0n) is 9.67. The minimum Gasteiger partial charge on any atom is -0.150 e. The van der Waals surface area contributed by atoms with E-state index in [2.05, 4.69) is 34.5 Å². The molecule has 0 fully saturated rings. The van der Waals surface area contributed by atoms with Crippen molar-refractivity contribution >= 4 is 22.1 Å². The lowest BCUT2D eigenvalue weighted by Gasteiger charge is -1.99. The van der Waals surface area contributed by atoms with Gasteiger partial charge in [-0.05, 0) is 23.6 Å². The molecule has 18 heavy (non-hydrogen) atoms. The van der Waals surface area contributed by atoms with Gasteiger partial charge in [0, 0.05) is 11.5 Å². The molecule has 0 aromatic heterocycles. The lowest BCUT2D eigenvalue weighted by molar-refractivity contribution is 1.24. The predicted molar refractivity (Wildman–Crippen MR) is 72.2 cm³/mol. The van der Waals surface area contributed by atoms with Crippen molar-refractivity contribution in [3.8, 4) is 0 Å². The van der Waals surface area contributed by atoms with Crippen LogP contribution in [0.2, 0.25) is 0 Å². The molecule has 0 saturated heterocycles. The number of rotatable bonds is 2. The summed E-state index contributed by atoms with van der Waals surface area (Å²) in [7, 11) is 0. The average molecular weight is 230 g/mol. The first-order chi connectivity index (χ1) is 8.93. The van der Waals surface area contributed by atoms with Gasteiger partial charge in [0.15, 0.2) is 0 Å². The van der Waals surface area contributed by atoms with Crippen molar-refractivity contribution < 1.29 is 0 Å². The normalized spacial score (nSPS) is 11.1. The van der Waals surface area contributed by atoms with Gasteiger partial charge in [0.25, 0.3) is 0 Å². The SMILES string of the molecule is [c]1cc[c]c(/N=N/c2cccc3ccccc23)c1. The highest BCUT2D eigenvalue weighted by Gasteiger charge is 1.98. The smallest absolute Gasteiger partial charge is 0.0942 e. The van der Waals surface area contributed by atoms with Crippen molar-refractivity contribution in [1.82, 2.24) is 0 Å². The third-order valence-corrected chi connectivity index (χ3v) is 2.66. The predicted octanol–water partition coefficient (Wildman–Crippen LogP) is 4.86. The summed E-state index contributed by atoms with van der Waals surface area (Å²) in [6.45, 7) is 0. The summed E-state index contributed by atoms with van der Waals surface area (Å²) in [5, 5.41) is 10.7. The Labute approximate surface area is 106 Å².